The van der Waals surface area contributed by atoms with Gasteiger partial charge in [-0.3, -0.25) is 4.98 Å². The summed E-state index contributed by atoms with van der Waals surface area (Å²) in [6.07, 6.45) is 3.68. The molecule has 0 amide bonds. The molecule has 1 aromatic heterocycles. The molecule has 0 atom stereocenters. The normalized spacial score (nSPS) is 10.2. The molecule has 1 nitrogen and oxygen atoms in total. The quantitative estimate of drug-likeness (QED) is 0.642. The van der Waals surface area contributed by atoms with E-state index in [1.165, 1.54) is 16.7 Å². The van der Waals surface area contributed by atoms with E-state index in [0.29, 0.717) is 0 Å². The van der Waals surface area contributed by atoms with Crippen molar-refractivity contribution < 1.29 is 0 Å². The highest BCUT2D eigenvalue weighted by Gasteiger charge is 2.00. The van der Waals surface area contributed by atoms with Gasteiger partial charge >= 0.3 is 0 Å². The van der Waals surface area contributed by atoms with E-state index in [1.54, 1.807) is 6.20 Å². The summed E-state index contributed by atoms with van der Waals surface area (Å²) in [5, 5.41) is 0. The van der Waals surface area contributed by atoms with Crippen LogP contribution in [-0.2, 0) is 0 Å². The molecule has 3 rings (SSSR count). The molecule has 0 saturated carbocycles. The molecule has 0 aliphatic carbocycles. The molecule has 0 fully saturated rings. The van der Waals surface area contributed by atoms with Crippen molar-refractivity contribution in [1.29, 1.82) is 0 Å². The second-order valence-corrected chi connectivity index (χ2v) is 4.11. The molecule has 0 aliphatic rings. The lowest BCUT2D eigenvalue weighted by atomic mass is 10.0. The molecule has 18 heavy (non-hydrogen) atoms. The molecular formula is C17H12N. The van der Waals surface area contributed by atoms with Gasteiger partial charge < -0.3 is 0 Å². The van der Waals surface area contributed by atoms with Gasteiger partial charge in [-0.15, -0.1) is 0 Å². The average molecular weight is 230 g/mol. The predicted octanol–water partition coefficient (Wildman–Crippen LogP) is 4.22. The van der Waals surface area contributed by atoms with Crippen molar-refractivity contribution in [3.8, 4) is 22.3 Å². The Morgan fingerprint density at radius 2 is 1.56 bits per heavy atom. The van der Waals surface area contributed by atoms with Crippen LogP contribution in [0.5, 0.6) is 0 Å². The minimum Gasteiger partial charge on any atom is -0.264 e. The van der Waals surface area contributed by atoms with E-state index >= 15 is 0 Å². The van der Waals surface area contributed by atoms with Gasteiger partial charge in [-0.1, -0.05) is 42.5 Å². The zero-order valence-electron chi connectivity index (χ0n) is 9.88. The second-order valence-electron chi connectivity index (χ2n) is 4.11. The molecule has 0 unspecified atom stereocenters. The van der Waals surface area contributed by atoms with Crippen molar-refractivity contribution in [2.45, 2.75) is 0 Å². The Kier molecular flexibility index (Phi) is 2.89. The highest BCUT2D eigenvalue weighted by atomic mass is 14.6. The van der Waals surface area contributed by atoms with Gasteiger partial charge in [0.15, 0.2) is 0 Å². The van der Waals surface area contributed by atoms with Crippen molar-refractivity contribution in [1.82, 2.24) is 4.98 Å². The first-order valence-corrected chi connectivity index (χ1v) is 5.90. The van der Waals surface area contributed by atoms with Crippen LogP contribution in [0.3, 0.4) is 0 Å². The highest BCUT2D eigenvalue weighted by Crippen LogP contribution is 2.25. The van der Waals surface area contributed by atoms with Gasteiger partial charge in [0.1, 0.15) is 0 Å². The minimum absolute atomic E-state index is 1.14. The van der Waals surface area contributed by atoms with Crippen LogP contribution in [0.1, 0.15) is 0 Å². The van der Waals surface area contributed by atoms with Gasteiger partial charge in [-0.05, 0) is 41.0 Å². The van der Waals surface area contributed by atoms with Crippen molar-refractivity contribution in [2.75, 3.05) is 0 Å². The Hall–Kier alpha value is -2.41. The lowest BCUT2D eigenvalue weighted by Crippen LogP contribution is -1.81. The molecule has 2 aromatic carbocycles. The van der Waals surface area contributed by atoms with Gasteiger partial charge in [0.25, 0.3) is 0 Å². The Labute approximate surface area is 107 Å². The zero-order valence-corrected chi connectivity index (χ0v) is 9.88. The first kappa shape index (κ1) is 10.7. The maximum absolute atomic E-state index is 4.16. The number of hydrogen-bond donors (Lipinski definition) is 0. The molecule has 0 spiro atoms. The van der Waals surface area contributed by atoms with Crippen molar-refractivity contribution >= 4 is 0 Å². The molecular weight excluding hydrogens is 218 g/mol. The molecule has 0 aliphatic heterocycles. The van der Waals surface area contributed by atoms with E-state index in [0.717, 1.165) is 5.56 Å². The third kappa shape index (κ3) is 2.16. The van der Waals surface area contributed by atoms with Crippen LogP contribution in [0.15, 0.2) is 73.1 Å². The van der Waals surface area contributed by atoms with E-state index in [4.69, 9.17) is 0 Å². The molecule has 1 heteroatoms. The number of rotatable bonds is 2. The number of hydrogen-bond acceptors (Lipinski definition) is 1. The first-order chi connectivity index (χ1) is 8.93. The summed E-state index contributed by atoms with van der Waals surface area (Å²) >= 11 is 0. The molecule has 1 radical (unpaired) electrons. The molecule has 0 bridgehead atoms. The summed E-state index contributed by atoms with van der Waals surface area (Å²) < 4.78 is 0. The topological polar surface area (TPSA) is 12.9 Å². The second kappa shape index (κ2) is 4.84. The lowest BCUT2D eigenvalue weighted by molar-refractivity contribution is 1.33. The monoisotopic (exact) mass is 230 g/mol. The van der Waals surface area contributed by atoms with Crippen LogP contribution < -0.4 is 0 Å². The van der Waals surface area contributed by atoms with Crippen LogP contribution in [0, 0.1) is 6.07 Å². The predicted molar refractivity (Wildman–Crippen MR) is 73.9 cm³/mol. The molecule has 3 aromatic rings. The van der Waals surface area contributed by atoms with Crippen molar-refractivity contribution in [3.05, 3.63) is 79.1 Å². The summed E-state index contributed by atoms with van der Waals surface area (Å²) in [4.78, 5) is 4.16. The summed E-state index contributed by atoms with van der Waals surface area (Å²) in [6, 6.07) is 23.6. The summed E-state index contributed by atoms with van der Waals surface area (Å²) in [6.45, 7) is 0. The Morgan fingerprint density at radius 3 is 2.28 bits per heavy atom. The third-order valence-corrected chi connectivity index (χ3v) is 2.90. The minimum atomic E-state index is 1.14. The fourth-order valence-electron chi connectivity index (χ4n) is 1.98. The Balaban J connectivity index is 2.05. The summed E-state index contributed by atoms with van der Waals surface area (Å²) in [5.74, 6) is 0. The number of pyridine rings is 1. The molecule has 1 heterocycles. The van der Waals surface area contributed by atoms with Crippen molar-refractivity contribution in [3.63, 3.8) is 0 Å². The van der Waals surface area contributed by atoms with Crippen LogP contribution in [0.4, 0.5) is 0 Å². The van der Waals surface area contributed by atoms with Gasteiger partial charge in [0, 0.05) is 18.0 Å². The zero-order chi connectivity index (χ0) is 12.2. The van der Waals surface area contributed by atoms with Gasteiger partial charge in [0.2, 0.25) is 0 Å². The largest absolute Gasteiger partial charge is 0.264 e. The number of nitrogens with zero attached hydrogens (tertiary/aromatic N) is 1. The fraction of sp³-hybridized carbons (Fsp3) is 0. The maximum atomic E-state index is 4.16. The van der Waals surface area contributed by atoms with E-state index < -0.39 is 0 Å². The number of benzene rings is 2. The van der Waals surface area contributed by atoms with Gasteiger partial charge in [-0.25, -0.2) is 0 Å². The van der Waals surface area contributed by atoms with Crippen molar-refractivity contribution in [2.24, 2.45) is 0 Å². The smallest absolute Gasteiger partial charge is 0.0346 e. The van der Waals surface area contributed by atoms with E-state index in [2.05, 4.69) is 47.4 Å². The van der Waals surface area contributed by atoms with Gasteiger partial charge in [-0.2, -0.15) is 0 Å². The fourth-order valence-corrected chi connectivity index (χ4v) is 1.98. The Bertz CT molecular complexity index is 575. The Morgan fingerprint density at radius 1 is 0.778 bits per heavy atom. The van der Waals surface area contributed by atoms with E-state index in [1.807, 2.05) is 30.5 Å². The van der Waals surface area contributed by atoms with Crippen LogP contribution in [0.2, 0.25) is 0 Å². The van der Waals surface area contributed by atoms with E-state index in [-0.39, 0.29) is 0 Å². The lowest BCUT2D eigenvalue weighted by Gasteiger charge is -2.05. The highest BCUT2D eigenvalue weighted by molar-refractivity contribution is 5.72. The SMILES string of the molecule is [c]1cccc(-c2cccc(-c3cccnc3)c2)c1. The van der Waals surface area contributed by atoms with Crippen LogP contribution >= 0.6 is 0 Å². The maximum Gasteiger partial charge on any atom is 0.0346 e. The average Bonchev–Trinajstić information content (AvgIpc) is 2.49. The molecule has 0 N–H and O–H groups in total. The summed E-state index contributed by atoms with van der Waals surface area (Å²) in [5.41, 5.74) is 4.71. The standard InChI is InChI=1S/C17H12N/c1-2-6-14(7-3-1)15-8-4-9-16(12-15)17-10-5-11-18-13-17/h1-2,4-13H. The van der Waals surface area contributed by atoms with Crippen LogP contribution in [-0.4, -0.2) is 4.98 Å². The molecule has 85 valence electrons. The van der Waals surface area contributed by atoms with E-state index in [9.17, 15) is 0 Å². The number of aromatic nitrogens is 1. The summed E-state index contributed by atoms with van der Waals surface area (Å²) in [7, 11) is 0. The van der Waals surface area contributed by atoms with Gasteiger partial charge in [0.05, 0.1) is 0 Å². The van der Waals surface area contributed by atoms with Crippen LogP contribution in [0.25, 0.3) is 22.3 Å². The third-order valence-electron chi connectivity index (χ3n) is 2.90. The first-order valence-electron chi connectivity index (χ1n) is 5.90. The molecule has 0 saturated heterocycles.